The predicted molar refractivity (Wildman–Crippen MR) is 58.4 cm³/mol. The predicted octanol–water partition coefficient (Wildman–Crippen LogP) is 1.63. The molecular weight excluding hydrogens is 194 g/mol. The fraction of sp³-hybridized carbons (Fsp3) is 0.818. The highest BCUT2D eigenvalue weighted by molar-refractivity contribution is 5.87. The number of amides is 1. The Balaban J connectivity index is 4.46. The summed E-state index contributed by atoms with van der Waals surface area (Å²) in [5.74, 6) is -0.581. The lowest BCUT2D eigenvalue weighted by molar-refractivity contribution is -0.163. The Morgan fingerprint density at radius 3 is 1.93 bits per heavy atom. The lowest BCUT2D eigenvalue weighted by Gasteiger charge is -2.29. The SMILES string of the molecule is CCC(=O)NC(C)(C)C(=O)OC(C)(C)C. The van der Waals surface area contributed by atoms with Gasteiger partial charge in [0.25, 0.3) is 0 Å². The van der Waals surface area contributed by atoms with E-state index in [1.165, 1.54) is 0 Å². The topological polar surface area (TPSA) is 55.4 Å². The number of esters is 1. The van der Waals surface area contributed by atoms with Gasteiger partial charge in [-0.2, -0.15) is 0 Å². The maximum absolute atomic E-state index is 11.7. The van der Waals surface area contributed by atoms with E-state index in [0.29, 0.717) is 6.42 Å². The summed E-state index contributed by atoms with van der Waals surface area (Å²) < 4.78 is 5.19. The largest absolute Gasteiger partial charge is 0.458 e. The zero-order valence-corrected chi connectivity index (χ0v) is 10.4. The Labute approximate surface area is 91.4 Å². The van der Waals surface area contributed by atoms with Crippen molar-refractivity contribution in [1.82, 2.24) is 5.32 Å². The van der Waals surface area contributed by atoms with E-state index in [2.05, 4.69) is 5.32 Å². The smallest absolute Gasteiger partial charge is 0.331 e. The first-order valence-corrected chi connectivity index (χ1v) is 5.13. The Hall–Kier alpha value is -1.06. The zero-order chi connectivity index (χ0) is 12.3. The van der Waals surface area contributed by atoms with Gasteiger partial charge in [0, 0.05) is 6.42 Å². The van der Waals surface area contributed by atoms with Crippen molar-refractivity contribution in [2.75, 3.05) is 0 Å². The molecule has 0 aromatic heterocycles. The van der Waals surface area contributed by atoms with Gasteiger partial charge in [0.05, 0.1) is 0 Å². The molecule has 0 aromatic rings. The third-order valence-corrected chi connectivity index (χ3v) is 1.68. The van der Waals surface area contributed by atoms with Gasteiger partial charge in [-0.25, -0.2) is 4.79 Å². The Morgan fingerprint density at radius 2 is 1.60 bits per heavy atom. The number of carbonyl (C=O) groups is 2. The second-order valence-corrected chi connectivity index (χ2v) is 5.03. The Morgan fingerprint density at radius 1 is 1.13 bits per heavy atom. The van der Waals surface area contributed by atoms with E-state index in [-0.39, 0.29) is 5.91 Å². The van der Waals surface area contributed by atoms with E-state index in [4.69, 9.17) is 4.74 Å². The minimum atomic E-state index is -0.972. The molecule has 0 aliphatic carbocycles. The van der Waals surface area contributed by atoms with Crippen molar-refractivity contribution in [2.24, 2.45) is 0 Å². The van der Waals surface area contributed by atoms with Crippen LogP contribution < -0.4 is 5.32 Å². The summed E-state index contributed by atoms with van der Waals surface area (Å²) in [6.07, 6.45) is 0.353. The lowest BCUT2D eigenvalue weighted by Crippen LogP contribution is -2.52. The third kappa shape index (κ3) is 5.40. The molecule has 0 bridgehead atoms. The number of hydrogen-bond donors (Lipinski definition) is 1. The van der Waals surface area contributed by atoms with Crippen LogP contribution in [0.15, 0.2) is 0 Å². The quantitative estimate of drug-likeness (QED) is 0.728. The van der Waals surface area contributed by atoms with Gasteiger partial charge in [-0.15, -0.1) is 0 Å². The van der Waals surface area contributed by atoms with Crippen LogP contribution in [0.25, 0.3) is 0 Å². The molecule has 15 heavy (non-hydrogen) atoms. The molecule has 0 spiro atoms. The Kier molecular flexibility index (Phi) is 4.31. The van der Waals surface area contributed by atoms with Crippen molar-refractivity contribution in [3.05, 3.63) is 0 Å². The monoisotopic (exact) mass is 215 g/mol. The second kappa shape index (κ2) is 4.64. The van der Waals surface area contributed by atoms with E-state index in [1.54, 1.807) is 41.5 Å². The summed E-state index contributed by atoms with van der Waals surface area (Å²) in [4.78, 5) is 22.9. The number of nitrogens with one attached hydrogen (secondary N) is 1. The number of hydrogen-bond acceptors (Lipinski definition) is 3. The highest BCUT2D eigenvalue weighted by atomic mass is 16.6. The summed E-state index contributed by atoms with van der Waals surface area (Å²) in [7, 11) is 0. The van der Waals surface area contributed by atoms with E-state index < -0.39 is 17.1 Å². The summed E-state index contributed by atoms with van der Waals surface area (Å²) in [6, 6.07) is 0. The minimum Gasteiger partial charge on any atom is -0.458 e. The van der Waals surface area contributed by atoms with Crippen molar-refractivity contribution in [3.63, 3.8) is 0 Å². The van der Waals surface area contributed by atoms with Gasteiger partial charge in [-0.3, -0.25) is 4.79 Å². The minimum absolute atomic E-state index is 0.161. The molecule has 0 saturated carbocycles. The molecule has 0 aromatic carbocycles. The van der Waals surface area contributed by atoms with Gasteiger partial charge in [-0.1, -0.05) is 6.92 Å². The van der Waals surface area contributed by atoms with Crippen LogP contribution in [0.4, 0.5) is 0 Å². The van der Waals surface area contributed by atoms with Crippen LogP contribution >= 0.6 is 0 Å². The maximum Gasteiger partial charge on any atom is 0.331 e. The molecule has 0 fully saturated rings. The van der Waals surface area contributed by atoms with Crippen LogP contribution in [0, 0.1) is 0 Å². The first kappa shape index (κ1) is 13.9. The van der Waals surface area contributed by atoms with Crippen molar-refractivity contribution in [3.8, 4) is 0 Å². The fourth-order valence-electron chi connectivity index (χ4n) is 0.894. The lowest BCUT2D eigenvalue weighted by atomic mass is 10.0. The maximum atomic E-state index is 11.7. The molecule has 0 heterocycles. The first-order valence-electron chi connectivity index (χ1n) is 5.13. The van der Waals surface area contributed by atoms with Crippen molar-refractivity contribution in [1.29, 1.82) is 0 Å². The fourth-order valence-corrected chi connectivity index (χ4v) is 0.894. The number of carbonyl (C=O) groups excluding carboxylic acids is 2. The normalized spacial score (nSPS) is 12.1. The first-order chi connectivity index (χ1) is 6.58. The van der Waals surface area contributed by atoms with Crippen LogP contribution in [-0.2, 0) is 14.3 Å². The molecule has 88 valence electrons. The molecule has 0 rings (SSSR count). The van der Waals surface area contributed by atoms with Crippen LogP contribution in [-0.4, -0.2) is 23.0 Å². The summed E-state index contributed by atoms with van der Waals surface area (Å²) in [6.45, 7) is 10.4. The van der Waals surface area contributed by atoms with Crippen LogP contribution in [0.1, 0.15) is 48.0 Å². The summed E-state index contributed by atoms with van der Waals surface area (Å²) in [5, 5.41) is 2.61. The van der Waals surface area contributed by atoms with Gasteiger partial charge < -0.3 is 10.1 Å². The van der Waals surface area contributed by atoms with E-state index in [1.807, 2.05) is 0 Å². The summed E-state index contributed by atoms with van der Waals surface area (Å²) in [5.41, 5.74) is -1.51. The van der Waals surface area contributed by atoms with Crippen molar-refractivity contribution in [2.45, 2.75) is 59.1 Å². The molecule has 1 N–H and O–H groups in total. The number of ether oxygens (including phenoxy) is 1. The van der Waals surface area contributed by atoms with Crippen LogP contribution in [0.3, 0.4) is 0 Å². The standard InChI is InChI=1S/C11H21NO3/c1-7-8(13)12-11(5,6)9(14)15-10(2,3)4/h7H2,1-6H3,(H,12,13). The van der Waals surface area contributed by atoms with Crippen LogP contribution in [0.5, 0.6) is 0 Å². The van der Waals surface area contributed by atoms with E-state index >= 15 is 0 Å². The van der Waals surface area contributed by atoms with Gasteiger partial charge in [0.15, 0.2) is 0 Å². The molecular formula is C11H21NO3. The highest BCUT2D eigenvalue weighted by Gasteiger charge is 2.33. The second-order valence-electron chi connectivity index (χ2n) is 5.03. The molecule has 0 aliphatic rings. The van der Waals surface area contributed by atoms with Crippen LogP contribution in [0.2, 0.25) is 0 Å². The molecule has 0 saturated heterocycles. The molecule has 4 heteroatoms. The molecule has 0 atom stereocenters. The molecule has 1 amide bonds. The van der Waals surface area contributed by atoms with Gasteiger partial charge in [0.1, 0.15) is 11.1 Å². The van der Waals surface area contributed by atoms with Gasteiger partial charge in [0.2, 0.25) is 5.91 Å². The van der Waals surface area contributed by atoms with E-state index in [9.17, 15) is 9.59 Å². The van der Waals surface area contributed by atoms with Crippen molar-refractivity contribution >= 4 is 11.9 Å². The Bertz CT molecular complexity index is 251. The van der Waals surface area contributed by atoms with Gasteiger partial charge in [-0.05, 0) is 34.6 Å². The molecule has 4 nitrogen and oxygen atoms in total. The van der Waals surface area contributed by atoms with Crippen molar-refractivity contribution < 1.29 is 14.3 Å². The average molecular weight is 215 g/mol. The third-order valence-electron chi connectivity index (χ3n) is 1.68. The number of rotatable bonds is 3. The molecule has 0 radical (unpaired) electrons. The molecule has 0 unspecified atom stereocenters. The molecule has 0 aliphatic heterocycles. The zero-order valence-electron chi connectivity index (χ0n) is 10.4. The van der Waals surface area contributed by atoms with Gasteiger partial charge >= 0.3 is 5.97 Å². The highest BCUT2D eigenvalue weighted by Crippen LogP contribution is 2.13. The summed E-state index contributed by atoms with van der Waals surface area (Å²) >= 11 is 0. The van der Waals surface area contributed by atoms with E-state index in [0.717, 1.165) is 0 Å². The average Bonchev–Trinajstić information content (AvgIpc) is 2.00.